The highest BCUT2D eigenvalue weighted by Gasteiger charge is 2.17. The zero-order chi connectivity index (χ0) is 14.6. The molecule has 0 heterocycles. The molecule has 1 aromatic rings. The Morgan fingerprint density at radius 2 is 2.00 bits per heavy atom. The second kappa shape index (κ2) is 6.86. The van der Waals surface area contributed by atoms with E-state index < -0.39 is 5.60 Å². The molecule has 0 spiro atoms. The van der Waals surface area contributed by atoms with Gasteiger partial charge in [-0.25, -0.2) is 0 Å². The van der Waals surface area contributed by atoms with Crippen LogP contribution in [0.15, 0.2) is 27.1 Å². The van der Waals surface area contributed by atoms with Gasteiger partial charge in [0.1, 0.15) is 5.60 Å². The summed E-state index contributed by atoms with van der Waals surface area (Å²) in [4.78, 5) is 11.6. The molecule has 0 aliphatic carbocycles. The van der Waals surface area contributed by atoms with Crippen molar-refractivity contribution in [3.63, 3.8) is 0 Å². The summed E-state index contributed by atoms with van der Waals surface area (Å²) < 4.78 is 7.27. The van der Waals surface area contributed by atoms with Crippen molar-refractivity contribution in [2.45, 2.75) is 39.3 Å². The molecule has 1 aromatic carbocycles. The molecule has 106 valence electrons. The first-order valence-electron chi connectivity index (χ1n) is 6.09. The van der Waals surface area contributed by atoms with Gasteiger partial charge in [-0.3, -0.25) is 4.79 Å². The fraction of sp³-hybridized carbons (Fsp3) is 0.500. The lowest BCUT2D eigenvalue weighted by atomic mass is 10.1. The number of hydrogen-bond donors (Lipinski definition) is 1. The van der Waals surface area contributed by atoms with Crippen LogP contribution in [0.3, 0.4) is 0 Å². The van der Waals surface area contributed by atoms with Crippen molar-refractivity contribution in [3.8, 4) is 0 Å². The minimum absolute atomic E-state index is 0.0648. The minimum Gasteiger partial charge on any atom is -0.459 e. The molecule has 1 unspecified atom stereocenters. The largest absolute Gasteiger partial charge is 0.459 e. The Morgan fingerprint density at radius 1 is 1.37 bits per heavy atom. The zero-order valence-corrected chi connectivity index (χ0v) is 14.8. The second-order valence-corrected chi connectivity index (χ2v) is 7.12. The number of ether oxygens (including phenoxy) is 1. The van der Waals surface area contributed by atoms with E-state index in [2.05, 4.69) is 37.2 Å². The van der Waals surface area contributed by atoms with Crippen LogP contribution in [0.4, 0.5) is 0 Å². The van der Waals surface area contributed by atoms with Crippen molar-refractivity contribution in [3.05, 3.63) is 32.7 Å². The molecule has 0 saturated carbocycles. The number of nitrogens with one attached hydrogen (secondary N) is 1. The zero-order valence-electron chi connectivity index (χ0n) is 11.6. The summed E-state index contributed by atoms with van der Waals surface area (Å²) in [6.07, 6.45) is 0. The van der Waals surface area contributed by atoms with Gasteiger partial charge in [-0.1, -0.05) is 37.9 Å². The van der Waals surface area contributed by atoms with Crippen LogP contribution in [-0.2, 0) is 9.53 Å². The average Bonchev–Trinajstić information content (AvgIpc) is 2.23. The molecule has 1 rings (SSSR count). The molecule has 1 atom stereocenters. The van der Waals surface area contributed by atoms with Gasteiger partial charge < -0.3 is 10.1 Å². The summed E-state index contributed by atoms with van der Waals surface area (Å²) in [5.74, 6) is -0.243. The third-order valence-electron chi connectivity index (χ3n) is 2.40. The Morgan fingerprint density at radius 3 is 2.53 bits per heavy atom. The van der Waals surface area contributed by atoms with Gasteiger partial charge in [-0.2, -0.15) is 0 Å². The molecule has 3 nitrogen and oxygen atoms in total. The first-order chi connectivity index (χ1) is 8.69. The molecule has 1 N–H and O–H groups in total. The normalized spacial score (nSPS) is 13.2. The van der Waals surface area contributed by atoms with E-state index >= 15 is 0 Å². The lowest BCUT2D eigenvalue weighted by molar-refractivity contribution is -0.153. The molecule has 0 aromatic heterocycles. The summed E-state index contributed by atoms with van der Waals surface area (Å²) >= 11 is 6.93. The van der Waals surface area contributed by atoms with Crippen LogP contribution in [0.5, 0.6) is 0 Å². The average molecular weight is 393 g/mol. The lowest BCUT2D eigenvalue weighted by Crippen LogP contribution is -2.32. The van der Waals surface area contributed by atoms with E-state index in [1.807, 2.05) is 45.9 Å². The number of benzene rings is 1. The van der Waals surface area contributed by atoms with Gasteiger partial charge in [0.15, 0.2) is 0 Å². The highest BCUT2D eigenvalue weighted by Crippen LogP contribution is 2.26. The number of carbonyl (C=O) groups is 1. The monoisotopic (exact) mass is 391 g/mol. The molecule has 0 bridgehead atoms. The molecule has 0 fully saturated rings. The number of hydrogen-bond acceptors (Lipinski definition) is 3. The Labute approximate surface area is 131 Å². The van der Waals surface area contributed by atoms with E-state index in [1.165, 1.54) is 0 Å². The smallest absolute Gasteiger partial charge is 0.320 e. The van der Waals surface area contributed by atoms with E-state index in [9.17, 15) is 4.79 Å². The maximum atomic E-state index is 11.6. The maximum Gasteiger partial charge on any atom is 0.320 e. The fourth-order valence-electron chi connectivity index (χ4n) is 1.58. The van der Waals surface area contributed by atoms with E-state index in [0.717, 1.165) is 14.5 Å². The minimum atomic E-state index is -0.444. The van der Waals surface area contributed by atoms with Crippen molar-refractivity contribution < 1.29 is 9.53 Å². The van der Waals surface area contributed by atoms with Crippen molar-refractivity contribution in [1.82, 2.24) is 5.32 Å². The summed E-state index contributed by atoms with van der Waals surface area (Å²) in [7, 11) is 0. The Kier molecular flexibility index (Phi) is 6.02. The molecule has 0 aliphatic rings. The Hall–Kier alpha value is -0.390. The SMILES string of the molecule is CC(NCC(=O)OC(C)(C)C)c1ccc(Br)cc1Br. The maximum absolute atomic E-state index is 11.6. The van der Waals surface area contributed by atoms with E-state index in [4.69, 9.17) is 4.74 Å². The molecule has 0 radical (unpaired) electrons. The van der Waals surface area contributed by atoms with Gasteiger partial charge in [0, 0.05) is 15.0 Å². The van der Waals surface area contributed by atoms with Gasteiger partial charge in [0.05, 0.1) is 6.54 Å². The Bertz CT molecular complexity index is 455. The number of halogens is 2. The van der Waals surface area contributed by atoms with Crippen LogP contribution in [0.25, 0.3) is 0 Å². The van der Waals surface area contributed by atoms with Crippen LogP contribution < -0.4 is 5.32 Å². The summed E-state index contributed by atoms with van der Waals surface area (Å²) in [5.41, 5.74) is 0.659. The predicted molar refractivity (Wildman–Crippen MR) is 84.1 cm³/mol. The van der Waals surface area contributed by atoms with Crippen molar-refractivity contribution in [2.75, 3.05) is 6.54 Å². The third-order valence-corrected chi connectivity index (χ3v) is 3.58. The van der Waals surface area contributed by atoms with Gasteiger partial charge in [-0.15, -0.1) is 0 Å². The molecule has 0 saturated heterocycles. The first-order valence-corrected chi connectivity index (χ1v) is 7.68. The van der Waals surface area contributed by atoms with Gasteiger partial charge in [-0.05, 0) is 45.4 Å². The molecular weight excluding hydrogens is 374 g/mol. The summed E-state index contributed by atoms with van der Waals surface area (Å²) in [6, 6.07) is 6.04. The van der Waals surface area contributed by atoms with E-state index in [0.29, 0.717) is 0 Å². The Balaban J connectivity index is 2.56. The highest BCUT2D eigenvalue weighted by molar-refractivity contribution is 9.11. The van der Waals surface area contributed by atoms with Crippen LogP contribution in [0, 0.1) is 0 Å². The van der Waals surface area contributed by atoms with E-state index in [-0.39, 0.29) is 18.6 Å². The van der Waals surface area contributed by atoms with Gasteiger partial charge in [0.25, 0.3) is 0 Å². The van der Waals surface area contributed by atoms with Crippen LogP contribution >= 0.6 is 31.9 Å². The molecule has 19 heavy (non-hydrogen) atoms. The van der Waals surface area contributed by atoms with Crippen molar-refractivity contribution in [2.24, 2.45) is 0 Å². The van der Waals surface area contributed by atoms with Crippen LogP contribution in [-0.4, -0.2) is 18.1 Å². The predicted octanol–water partition coefficient (Wildman–Crippen LogP) is 4.20. The lowest BCUT2D eigenvalue weighted by Gasteiger charge is -2.21. The standard InChI is InChI=1S/C14H19Br2NO2/c1-9(11-6-5-10(15)7-12(11)16)17-8-13(18)19-14(2,3)4/h5-7,9,17H,8H2,1-4H3. The molecule has 5 heteroatoms. The highest BCUT2D eigenvalue weighted by atomic mass is 79.9. The van der Waals surface area contributed by atoms with Gasteiger partial charge >= 0.3 is 5.97 Å². The van der Waals surface area contributed by atoms with E-state index in [1.54, 1.807) is 0 Å². The first kappa shape index (κ1) is 16.7. The fourth-order valence-corrected chi connectivity index (χ4v) is 2.97. The topological polar surface area (TPSA) is 38.3 Å². The quantitative estimate of drug-likeness (QED) is 0.780. The van der Waals surface area contributed by atoms with Crippen molar-refractivity contribution in [1.29, 1.82) is 0 Å². The summed E-state index contributed by atoms with van der Waals surface area (Å²) in [5, 5.41) is 3.16. The number of carbonyl (C=O) groups excluding carboxylic acids is 1. The van der Waals surface area contributed by atoms with Crippen LogP contribution in [0.1, 0.15) is 39.3 Å². The number of esters is 1. The molecule has 0 aliphatic heterocycles. The third kappa shape index (κ3) is 6.06. The second-order valence-electron chi connectivity index (χ2n) is 5.35. The van der Waals surface area contributed by atoms with Crippen molar-refractivity contribution >= 4 is 37.8 Å². The molecular formula is C14H19Br2NO2. The summed E-state index contributed by atoms with van der Waals surface area (Å²) in [6.45, 7) is 7.79. The number of rotatable bonds is 4. The molecule has 0 amide bonds. The van der Waals surface area contributed by atoms with Gasteiger partial charge in [0.2, 0.25) is 0 Å². The van der Waals surface area contributed by atoms with Crippen LogP contribution in [0.2, 0.25) is 0 Å².